The highest BCUT2D eigenvalue weighted by Crippen LogP contribution is 2.37. The van der Waals surface area contributed by atoms with Crippen molar-refractivity contribution in [2.45, 2.75) is 12.0 Å². The van der Waals surface area contributed by atoms with Gasteiger partial charge in [0, 0.05) is 13.0 Å². The number of aromatic nitrogens is 2. The molecule has 0 spiro atoms. The van der Waals surface area contributed by atoms with Gasteiger partial charge in [0.1, 0.15) is 6.10 Å². The third-order valence-corrected chi connectivity index (χ3v) is 3.70. The van der Waals surface area contributed by atoms with E-state index in [1.54, 1.807) is 13.4 Å². The van der Waals surface area contributed by atoms with E-state index in [1.165, 1.54) is 11.1 Å². The monoisotopic (exact) mass is 278 g/mol. The molecule has 3 rings (SSSR count). The third-order valence-electron chi connectivity index (χ3n) is 3.70. The summed E-state index contributed by atoms with van der Waals surface area (Å²) < 4.78 is 5.79. The molecule has 106 valence electrons. The van der Waals surface area contributed by atoms with Crippen LogP contribution in [0.2, 0.25) is 0 Å². The largest absolute Gasteiger partial charge is 0.374 e. The second kappa shape index (κ2) is 6.37. The molecule has 3 nitrogen and oxygen atoms in total. The van der Waals surface area contributed by atoms with E-state index in [9.17, 15) is 0 Å². The maximum Gasteiger partial charge on any atom is 0.109 e. The summed E-state index contributed by atoms with van der Waals surface area (Å²) in [6.07, 6.45) is 3.42. The summed E-state index contributed by atoms with van der Waals surface area (Å²) >= 11 is 0. The van der Waals surface area contributed by atoms with Crippen molar-refractivity contribution in [1.29, 1.82) is 0 Å². The lowest BCUT2D eigenvalue weighted by molar-refractivity contribution is 0.0859. The number of nitrogens with zero attached hydrogens (tertiary/aromatic N) is 1. The van der Waals surface area contributed by atoms with Crippen molar-refractivity contribution >= 4 is 0 Å². The van der Waals surface area contributed by atoms with Crippen LogP contribution < -0.4 is 0 Å². The predicted octanol–water partition coefficient (Wildman–Crippen LogP) is 3.93. The van der Waals surface area contributed by atoms with Crippen LogP contribution in [0.5, 0.6) is 0 Å². The van der Waals surface area contributed by atoms with Crippen molar-refractivity contribution in [3.63, 3.8) is 0 Å². The molecule has 0 aliphatic rings. The van der Waals surface area contributed by atoms with Gasteiger partial charge in [0.05, 0.1) is 18.2 Å². The first-order valence-electron chi connectivity index (χ1n) is 7.01. The van der Waals surface area contributed by atoms with Gasteiger partial charge in [-0.15, -0.1) is 0 Å². The quantitative estimate of drug-likeness (QED) is 0.768. The van der Waals surface area contributed by atoms with E-state index in [1.807, 2.05) is 18.3 Å². The fraction of sp³-hybridized carbons (Fsp3) is 0.167. The van der Waals surface area contributed by atoms with E-state index >= 15 is 0 Å². The molecule has 3 aromatic rings. The highest BCUT2D eigenvalue weighted by Gasteiger charge is 2.27. The fourth-order valence-corrected chi connectivity index (χ4v) is 2.73. The van der Waals surface area contributed by atoms with Crippen molar-refractivity contribution < 1.29 is 4.74 Å². The van der Waals surface area contributed by atoms with Crippen LogP contribution in [-0.2, 0) is 4.74 Å². The number of methoxy groups -OCH3 is 1. The van der Waals surface area contributed by atoms with Crippen LogP contribution in [0, 0.1) is 0 Å². The van der Waals surface area contributed by atoms with Gasteiger partial charge in [-0.2, -0.15) is 0 Å². The molecule has 1 heterocycles. The Morgan fingerprint density at radius 3 is 1.90 bits per heavy atom. The number of aromatic amines is 1. The van der Waals surface area contributed by atoms with E-state index in [2.05, 4.69) is 58.5 Å². The number of benzene rings is 2. The zero-order chi connectivity index (χ0) is 14.5. The second-order valence-electron chi connectivity index (χ2n) is 4.96. The van der Waals surface area contributed by atoms with E-state index < -0.39 is 0 Å². The molecule has 1 N–H and O–H groups in total. The number of ether oxygens (including phenoxy) is 1. The molecular weight excluding hydrogens is 260 g/mol. The Hall–Kier alpha value is -2.39. The minimum atomic E-state index is -0.0997. The Balaban J connectivity index is 2.08. The van der Waals surface area contributed by atoms with Gasteiger partial charge in [0.2, 0.25) is 0 Å². The number of H-pyrrole nitrogens is 1. The zero-order valence-corrected chi connectivity index (χ0v) is 11.9. The Kier molecular flexibility index (Phi) is 4.12. The summed E-state index contributed by atoms with van der Waals surface area (Å²) in [5, 5.41) is 0. The van der Waals surface area contributed by atoms with Crippen molar-refractivity contribution in [2.75, 3.05) is 7.11 Å². The smallest absolute Gasteiger partial charge is 0.109 e. The van der Waals surface area contributed by atoms with Gasteiger partial charge in [-0.1, -0.05) is 60.7 Å². The molecule has 1 atom stereocenters. The summed E-state index contributed by atoms with van der Waals surface area (Å²) in [5.74, 6) is 0.123. The molecule has 2 aromatic carbocycles. The van der Waals surface area contributed by atoms with Crippen LogP contribution in [0.3, 0.4) is 0 Å². The lowest BCUT2D eigenvalue weighted by Gasteiger charge is -2.26. The number of rotatable bonds is 5. The van der Waals surface area contributed by atoms with E-state index in [0.29, 0.717) is 0 Å². The molecule has 0 saturated heterocycles. The van der Waals surface area contributed by atoms with Gasteiger partial charge in [0.15, 0.2) is 0 Å². The van der Waals surface area contributed by atoms with Gasteiger partial charge in [-0.25, -0.2) is 4.98 Å². The van der Waals surface area contributed by atoms with Crippen molar-refractivity contribution in [2.24, 2.45) is 0 Å². The summed E-state index contributed by atoms with van der Waals surface area (Å²) in [6.45, 7) is 0. The first-order chi connectivity index (χ1) is 10.4. The molecule has 0 radical (unpaired) electrons. The number of hydrogen-bond donors (Lipinski definition) is 1. The molecule has 0 fully saturated rings. The lowest BCUT2D eigenvalue weighted by Crippen LogP contribution is -2.15. The lowest BCUT2D eigenvalue weighted by atomic mass is 9.85. The first kappa shape index (κ1) is 13.6. The molecule has 3 heteroatoms. The van der Waals surface area contributed by atoms with Crippen molar-refractivity contribution in [3.05, 3.63) is 90.0 Å². The average molecular weight is 278 g/mol. The van der Waals surface area contributed by atoms with Gasteiger partial charge in [-0.3, -0.25) is 0 Å². The zero-order valence-electron chi connectivity index (χ0n) is 11.9. The highest BCUT2D eigenvalue weighted by molar-refractivity contribution is 5.35. The van der Waals surface area contributed by atoms with Crippen molar-refractivity contribution in [3.8, 4) is 0 Å². The van der Waals surface area contributed by atoms with E-state index in [0.717, 1.165) is 5.69 Å². The molecular formula is C18H18N2O. The van der Waals surface area contributed by atoms with Gasteiger partial charge < -0.3 is 9.72 Å². The van der Waals surface area contributed by atoms with Crippen LogP contribution in [0.25, 0.3) is 0 Å². The van der Waals surface area contributed by atoms with Crippen LogP contribution in [0.15, 0.2) is 73.2 Å². The predicted molar refractivity (Wildman–Crippen MR) is 83.1 cm³/mol. The Morgan fingerprint density at radius 2 is 1.48 bits per heavy atom. The Bertz CT molecular complexity index is 611. The second-order valence-corrected chi connectivity index (χ2v) is 4.96. The summed E-state index contributed by atoms with van der Waals surface area (Å²) in [6, 6.07) is 20.9. The van der Waals surface area contributed by atoms with Crippen LogP contribution in [0.4, 0.5) is 0 Å². The SMILES string of the molecule is COC(c1cnc[nH]1)C(c1ccccc1)c1ccccc1. The molecule has 0 bridgehead atoms. The fourth-order valence-electron chi connectivity index (χ4n) is 2.73. The van der Waals surface area contributed by atoms with Crippen molar-refractivity contribution in [1.82, 2.24) is 9.97 Å². The van der Waals surface area contributed by atoms with Crippen LogP contribution in [0.1, 0.15) is 28.8 Å². The maximum absolute atomic E-state index is 5.79. The van der Waals surface area contributed by atoms with E-state index in [4.69, 9.17) is 4.74 Å². The summed E-state index contributed by atoms with van der Waals surface area (Å²) in [5.41, 5.74) is 3.44. The van der Waals surface area contributed by atoms with Crippen LogP contribution in [-0.4, -0.2) is 17.1 Å². The number of hydrogen-bond acceptors (Lipinski definition) is 2. The van der Waals surface area contributed by atoms with E-state index in [-0.39, 0.29) is 12.0 Å². The third kappa shape index (κ3) is 2.88. The summed E-state index contributed by atoms with van der Waals surface area (Å²) in [7, 11) is 1.74. The number of nitrogens with one attached hydrogen (secondary N) is 1. The number of imidazole rings is 1. The standard InChI is InChI=1S/C18H18N2O/c1-21-18(16-12-19-13-20-16)17(14-8-4-2-5-9-14)15-10-6-3-7-11-15/h2-13,17-18H,1H3,(H,19,20). The molecule has 21 heavy (non-hydrogen) atoms. The molecule has 0 saturated carbocycles. The van der Waals surface area contributed by atoms with Gasteiger partial charge in [0.25, 0.3) is 0 Å². The normalized spacial score (nSPS) is 12.5. The Labute approximate surface area is 124 Å². The molecule has 1 unspecified atom stereocenters. The molecule has 1 aromatic heterocycles. The molecule has 0 amide bonds. The van der Waals surface area contributed by atoms with Crippen LogP contribution >= 0.6 is 0 Å². The first-order valence-corrected chi connectivity index (χ1v) is 7.01. The summed E-state index contributed by atoms with van der Waals surface area (Å²) in [4.78, 5) is 7.30. The maximum atomic E-state index is 5.79. The van der Waals surface area contributed by atoms with Gasteiger partial charge >= 0.3 is 0 Å². The molecule has 0 aliphatic carbocycles. The molecule has 0 aliphatic heterocycles. The minimum Gasteiger partial charge on any atom is -0.374 e. The Morgan fingerprint density at radius 1 is 0.905 bits per heavy atom. The van der Waals surface area contributed by atoms with Gasteiger partial charge in [-0.05, 0) is 11.1 Å². The highest BCUT2D eigenvalue weighted by atomic mass is 16.5. The minimum absolute atomic E-state index is 0.0997. The topological polar surface area (TPSA) is 37.9 Å². The average Bonchev–Trinajstić information content (AvgIpc) is 3.08.